The Morgan fingerprint density at radius 1 is 1.11 bits per heavy atom. The molecule has 0 aliphatic rings. The summed E-state index contributed by atoms with van der Waals surface area (Å²) in [6.45, 7) is 3.81. The van der Waals surface area contributed by atoms with E-state index in [0.717, 1.165) is 29.4 Å². The molecule has 0 aromatic heterocycles. The van der Waals surface area contributed by atoms with Crippen molar-refractivity contribution in [3.05, 3.63) is 65.2 Å². The smallest absolute Gasteiger partial charge is 0.251 e. The van der Waals surface area contributed by atoms with Gasteiger partial charge in [-0.3, -0.25) is 9.79 Å². The highest BCUT2D eigenvalue weighted by molar-refractivity contribution is 5.94. The normalized spacial score (nSPS) is 11.0. The van der Waals surface area contributed by atoms with Crippen LogP contribution >= 0.6 is 0 Å². The summed E-state index contributed by atoms with van der Waals surface area (Å²) in [5, 5.41) is 6.18. The summed E-state index contributed by atoms with van der Waals surface area (Å²) < 4.78 is 5.18. The lowest BCUT2D eigenvalue weighted by Crippen LogP contribution is -2.42. The molecule has 2 N–H and O–H groups in total. The van der Waals surface area contributed by atoms with Crippen molar-refractivity contribution in [2.45, 2.75) is 13.5 Å². The van der Waals surface area contributed by atoms with Crippen LogP contribution in [0.5, 0.6) is 5.75 Å². The first kappa shape index (κ1) is 20.3. The third kappa shape index (κ3) is 6.33. The van der Waals surface area contributed by atoms with Crippen LogP contribution in [-0.2, 0) is 6.54 Å². The molecule has 0 aliphatic heterocycles. The van der Waals surface area contributed by atoms with E-state index < -0.39 is 0 Å². The van der Waals surface area contributed by atoms with Gasteiger partial charge in [0.15, 0.2) is 5.96 Å². The van der Waals surface area contributed by atoms with Crippen molar-refractivity contribution in [1.82, 2.24) is 15.5 Å². The maximum atomic E-state index is 12.1. The van der Waals surface area contributed by atoms with E-state index in [4.69, 9.17) is 4.74 Å². The van der Waals surface area contributed by atoms with Crippen LogP contribution in [-0.4, -0.2) is 51.1 Å². The number of ether oxygens (including phenoxy) is 1. The lowest BCUT2D eigenvalue weighted by atomic mass is 10.1. The van der Waals surface area contributed by atoms with Crippen molar-refractivity contribution < 1.29 is 9.53 Å². The molecule has 144 valence electrons. The van der Waals surface area contributed by atoms with Gasteiger partial charge in [-0.25, -0.2) is 0 Å². The Bertz CT molecular complexity index is 772. The maximum Gasteiger partial charge on any atom is 0.251 e. The van der Waals surface area contributed by atoms with Crippen molar-refractivity contribution in [3.8, 4) is 5.75 Å². The molecule has 0 aliphatic carbocycles. The fourth-order valence-electron chi connectivity index (χ4n) is 2.70. The molecule has 0 radical (unpaired) electrons. The second-order valence-corrected chi connectivity index (χ2v) is 6.30. The minimum atomic E-state index is -0.0675. The Morgan fingerprint density at radius 2 is 1.81 bits per heavy atom. The van der Waals surface area contributed by atoms with Crippen molar-refractivity contribution in [3.63, 3.8) is 0 Å². The number of hydrogen-bond acceptors (Lipinski definition) is 3. The highest BCUT2D eigenvalue weighted by atomic mass is 16.5. The molecule has 0 heterocycles. The molecular formula is C21H28N4O2. The molecule has 6 nitrogen and oxygen atoms in total. The molecule has 27 heavy (non-hydrogen) atoms. The number of amides is 1. The SMILES string of the molecule is CN=C(NCCNC(=O)c1cccc(C)c1)N(C)Cc1ccc(OC)cc1. The number of nitrogens with zero attached hydrogens (tertiary/aromatic N) is 2. The number of carbonyl (C=O) groups excluding carboxylic acids is 1. The third-order valence-corrected chi connectivity index (χ3v) is 4.13. The highest BCUT2D eigenvalue weighted by Gasteiger charge is 2.08. The number of aliphatic imine (C=N–C) groups is 1. The molecule has 2 aromatic carbocycles. The average molecular weight is 368 g/mol. The molecule has 0 saturated carbocycles. The number of benzene rings is 2. The van der Waals surface area contributed by atoms with E-state index in [0.29, 0.717) is 18.7 Å². The number of nitrogens with one attached hydrogen (secondary N) is 2. The largest absolute Gasteiger partial charge is 0.497 e. The van der Waals surface area contributed by atoms with Crippen molar-refractivity contribution in [2.75, 3.05) is 34.3 Å². The van der Waals surface area contributed by atoms with Gasteiger partial charge in [-0.05, 0) is 36.8 Å². The Morgan fingerprint density at radius 3 is 2.44 bits per heavy atom. The molecule has 0 atom stereocenters. The number of rotatable bonds is 7. The summed E-state index contributed by atoms with van der Waals surface area (Å²) in [6.07, 6.45) is 0. The van der Waals surface area contributed by atoms with E-state index in [9.17, 15) is 4.79 Å². The van der Waals surface area contributed by atoms with E-state index in [-0.39, 0.29) is 5.91 Å². The van der Waals surface area contributed by atoms with Gasteiger partial charge in [0.25, 0.3) is 5.91 Å². The van der Waals surface area contributed by atoms with Gasteiger partial charge >= 0.3 is 0 Å². The van der Waals surface area contributed by atoms with Crippen LogP contribution in [0.15, 0.2) is 53.5 Å². The first-order chi connectivity index (χ1) is 13.0. The van der Waals surface area contributed by atoms with E-state index >= 15 is 0 Å². The maximum absolute atomic E-state index is 12.1. The summed E-state index contributed by atoms with van der Waals surface area (Å²) >= 11 is 0. The monoisotopic (exact) mass is 368 g/mol. The second kappa shape index (κ2) is 10.2. The van der Waals surface area contributed by atoms with Gasteiger partial charge in [0.05, 0.1) is 7.11 Å². The van der Waals surface area contributed by atoms with Crippen molar-refractivity contribution in [1.29, 1.82) is 0 Å². The predicted octanol–water partition coefficient (Wildman–Crippen LogP) is 2.44. The third-order valence-electron chi connectivity index (χ3n) is 4.13. The lowest BCUT2D eigenvalue weighted by molar-refractivity contribution is 0.0954. The predicted molar refractivity (Wildman–Crippen MR) is 109 cm³/mol. The molecule has 0 fully saturated rings. The van der Waals surface area contributed by atoms with E-state index in [2.05, 4.69) is 15.6 Å². The molecule has 1 amide bonds. The number of carbonyl (C=O) groups is 1. The van der Waals surface area contributed by atoms with Gasteiger partial charge < -0.3 is 20.3 Å². The highest BCUT2D eigenvalue weighted by Crippen LogP contribution is 2.12. The number of hydrogen-bond donors (Lipinski definition) is 2. The standard InChI is InChI=1S/C21H28N4O2/c1-16-6-5-7-18(14-16)20(26)23-12-13-24-21(22-2)25(3)15-17-8-10-19(27-4)11-9-17/h5-11,14H,12-13,15H2,1-4H3,(H,22,24)(H,23,26). The van der Waals surface area contributed by atoms with Gasteiger partial charge in [-0.1, -0.05) is 29.8 Å². The van der Waals surface area contributed by atoms with Gasteiger partial charge in [0.2, 0.25) is 0 Å². The summed E-state index contributed by atoms with van der Waals surface area (Å²) in [5.74, 6) is 1.55. The van der Waals surface area contributed by atoms with Gasteiger partial charge in [0, 0.05) is 39.3 Å². The molecule has 2 aromatic rings. The van der Waals surface area contributed by atoms with Crippen LogP contribution in [0.1, 0.15) is 21.5 Å². The summed E-state index contributed by atoms with van der Waals surface area (Å²) in [5.41, 5.74) is 2.91. The van der Waals surface area contributed by atoms with Gasteiger partial charge in [-0.2, -0.15) is 0 Å². The Kier molecular flexibility index (Phi) is 7.67. The van der Waals surface area contributed by atoms with E-state index in [1.165, 1.54) is 0 Å². The molecule has 0 unspecified atom stereocenters. The molecular weight excluding hydrogens is 340 g/mol. The summed E-state index contributed by atoms with van der Waals surface area (Å²) in [7, 11) is 5.38. The van der Waals surface area contributed by atoms with E-state index in [1.54, 1.807) is 14.2 Å². The molecule has 0 spiro atoms. The zero-order valence-corrected chi connectivity index (χ0v) is 16.5. The number of methoxy groups -OCH3 is 1. The molecule has 0 saturated heterocycles. The van der Waals surface area contributed by atoms with E-state index in [1.807, 2.05) is 67.4 Å². The quantitative estimate of drug-likeness (QED) is 0.448. The minimum Gasteiger partial charge on any atom is -0.497 e. The summed E-state index contributed by atoms with van der Waals surface area (Å²) in [4.78, 5) is 18.5. The number of guanidine groups is 1. The van der Waals surface area contributed by atoms with Crippen LogP contribution in [0.4, 0.5) is 0 Å². The minimum absolute atomic E-state index is 0.0675. The van der Waals surface area contributed by atoms with Crippen LogP contribution in [0, 0.1) is 6.92 Å². The molecule has 2 rings (SSSR count). The topological polar surface area (TPSA) is 66.0 Å². The fourth-order valence-corrected chi connectivity index (χ4v) is 2.70. The molecule has 6 heteroatoms. The Labute approximate surface area is 161 Å². The zero-order chi connectivity index (χ0) is 19.6. The fraction of sp³-hybridized carbons (Fsp3) is 0.333. The Balaban J connectivity index is 1.78. The van der Waals surface area contributed by atoms with Crippen LogP contribution in [0.3, 0.4) is 0 Å². The van der Waals surface area contributed by atoms with Crippen molar-refractivity contribution >= 4 is 11.9 Å². The Hall–Kier alpha value is -3.02. The van der Waals surface area contributed by atoms with Crippen LogP contribution < -0.4 is 15.4 Å². The average Bonchev–Trinajstić information content (AvgIpc) is 2.68. The van der Waals surface area contributed by atoms with Gasteiger partial charge in [0.1, 0.15) is 5.75 Å². The van der Waals surface area contributed by atoms with Crippen molar-refractivity contribution in [2.24, 2.45) is 4.99 Å². The number of aryl methyl sites for hydroxylation is 1. The van der Waals surface area contributed by atoms with Gasteiger partial charge in [-0.15, -0.1) is 0 Å². The first-order valence-corrected chi connectivity index (χ1v) is 8.93. The first-order valence-electron chi connectivity index (χ1n) is 8.93. The summed E-state index contributed by atoms with van der Waals surface area (Å²) in [6, 6.07) is 15.5. The lowest BCUT2D eigenvalue weighted by Gasteiger charge is -2.22. The molecule has 0 bridgehead atoms. The van der Waals surface area contributed by atoms with Crippen LogP contribution in [0.25, 0.3) is 0 Å². The zero-order valence-electron chi connectivity index (χ0n) is 16.5. The van der Waals surface area contributed by atoms with Crippen LogP contribution in [0.2, 0.25) is 0 Å². The second-order valence-electron chi connectivity index (χ2n) is 6.30.